The first-order valence-electron chi connectivity index (χ1n) is 11.8. The molecule has 178 valence electrons. The molecule has 0 saturated heterocycles. The van der Waals surface area contributed by atoms with Gasteiger partial charge >= 0.3 is 5.97 Å². The smallest absolute Gasteiger partial charge is 0.305 e. The van der Waals surface area contributed by atoms with Crippen LogP contribution in [0.1, 0.15) is 86.6 Å². The molecule has 2 rings (SSSR count). The van der Waals surface area contributed by atoms with Crippen LogP contribution in [0.3, 0.4) is 0 Å². The van der Waals surface area contributed by atoms with Crippen LogP contribution in [0.25, 0.3) is 0 Å². The van der Waals surface area contributed by atoms with E-state index in [1.54, 1.807) is 0 Å². The third-order valence-electron chi connectivity index (χ3n) is 6.11. The van der Waals surface area contributed by atoms with Gasteiger partial charge in [-0.3, -0.25) is 9.59 Å². The molecule has 4 atom stereocenters. The Kier molecular flexibility index (Phi) is 12.0. The molecule has 2 N–H and O–H groups in total. The molecule has 0 bridgehead atoms. The predicted octanol–water partition coefficient (Wildman–Crippen LogP) is 5.17. The molecule has 1 fully saturated rings. The first-order valence-corrected chi connectivity index (χ1v) is 12.3. The number of hydrogen-bond donors (Lipinski definition) is 2. The van der Waals surface area contributed by atoms with Crippen LogP contribution in [0, 0.1) is 5.92 Å². The predicted molar refractivity (Wildman–Crippen MR) is 127 cm³/mol. The van der Waals surface area contributed by atoms with Crippen molar-refractivity contribution < 1.29 is 24.5 Å². The van der Waals surface area contributed by atoms with E-state index in [-0.39, 0.29) is 42.2 Å². The van der Waals surface area contributed by atoms with Crippen molar-refractivity contribution in [3.05, 3.63) is 47.5 Å². The Morgan fingerprint density at radius 3 is 2.56 bits per heavy atom. The minimum absolute atomic E-state index is 0.0468. The number of allylic oxidation sites excluding steroid dienone is 2. The number of Topliss-reactive ketones (excluding diaryl/α,β-unsaturated/α-hetero) is 1. The van der Waals surface area contributed by atoms with Crippen LogP contribution in [0.5, 0.6) is 0 Å². The maximum atomic E-state index is 12.3. The fourth-order valence-corrected chi connectivity index (χ4v) is 4.81. The Labute approximate surface area is 196 Å². The number of halogens is 1. The van der Waals surface area contributed by atoms with Crippen molar-refractivity contribution in [1.29, 1.82) is 0 Å². The van der Waals surface area contributed by atoms with Crippen LogP contribution in [-0.4, -0.2) is 46.7 Å². The van der Waals surface area contributed by atoms with Gasteiger partial charge in [0, 0.05) is 29.7 Å². The first kappa shape index (κ1) is 26.6. The minimum Gasteiger partial charge on any atom is -0.463 e. The monoisotopic (exact) mass is 464 g/mol. The second kappa shape index (κ2) is 14.5. The van der Waals surface area contributed by atoms with Gasteiger partial charge in [-0.15, -0.1) is 11.6 Å². The summed E-state index contributed by atoms with van der Waals surface area (Å²) in [5.74, 6) is -0.0603. The van der Waals surface area contributed by atoms with Crippen LogP contribution < -0.4 is 0 Å². The van der Waals surface area contributed by atoms with Crippen LogP contribution >= 0.6 is 11.6 Å². The SMILES string of the molecule is CCCCCC(=O)c1ccc(C2[C@@H](C/C=C\CCCC(=O)OCCO)C(Cl)C[C@H]2O)cc1. The number of aliphatic hydroxyl groups is 2. The fraction of sp³-hybridized carbons (Fsp3) is 0.615. The Balaban J connectivity index is 1.88. The number of aliphatic hydroxyl groups excluding tert-OH is 2. The van der Waals surface area contributed by atoms with E-state index in [0.29, 0.717) is 25.7 Å². The normalized spacial score (nSPS) is 23.0. The number of hydrogen-bond acceptors (Lipinski definition) is 5. The summed E-state index contributed by atoms with van der Waals surface area (Å²) in [6.45, 7) is 2.02. The van der Waals surface area contributed by atoms with Gasteiger partial charge in [-0.1, -0.05) is 56.2 Å². The van der Waals surface area contributed by atoms with Crippen LogP contribution in [0.2, 0.25) is 0 Å². The van der Waals surface area contributed by atoms with Crippen molar-refractivity contribution in [1.82, 2.24) is 0 Å². The summed E-state index contributed by atoms with van der Waals surface area (Å²) in [7, 11) is 0. The first-order chi connectivity index (χ1) is 15.5. The Bertz CT molecular complexity index is 730. The van der Waals surface area contributed by atoms with Gasteiger partial charge < -0.3 is 14.9 Å². The van der Waals surface area contributed by atoms with Crippen LogP contribution in [0.4, 0.5) is 0 Å². The Morgan fingerprint density at radius 2 is 1.88 bits per heavy atom. The van der Waals surface area contributed by atoms with E-state index in [0.717, 1.165) is 43.2 Å². The maximum absolute atomic E-state index is 12.3. The van der Waals surface area contributed by atoms with E-state index < -0.39 is 6.10 Å². The molecule has 1 aromatic carbocycles. The van der Waals surface area contributed by atoms with Crippen molar-refractivity contribution in [3.63, 3.8) is 0 Å². The number of alkyl halides is 1. The molecule has 0 spiro atoms. The fourth-order valence-electron chi connectivity index (χ4n) is 4.36. The lowest BCUT2D eigenvalue weighted by atomic mass is 9.85. The molecule has 0 heterocycles. The largest absolute Gasteiger partial charge is 0.463 e. The van der Waals surface area contributed by atoms with E-state index in [9.17, 15) is 14.7 Å². The summed E-state index contributed by atoms with van der Waals surface area (Å²) in [5.41, 5.74) is 1.75. The summed E-state index contributed by atoms with van der Waals surface area (Å²) in [6.07, 6.45) is 10.4. The summed E-state index contributed by atoms with van der Waals surface area (Å²) in [5, 5.41) is 19.2. The second-order valence-corrected chi connectivity index (χ2v) is 9.11. The lowest BCUT2D eigenvalue weighted by Crippen LogP contribution is -2.18. The molecule has 0 radical (unpaired) electrons. The van der Waals surface area contributed by atoms with Crippen molar-refractivity contribution >= 4 is 23.4 Å². The van der Waals surface area contributed by atoms with E-state index in [2.05, 4.69) is 13.0 Å². The minimum atomic E-state index is -0.497. The molecule has 5 nitrogen and oxygen atoms in total. The average molecular weight is 465 g/mol. The molecule has 1 aliphatic rings. The Morgan fingerprint density at radius 1 is 1.12 bits per heavy atom. The zero-order chi connectivity index (χ0) is 23.3. The van der Waals surface area contributed by atoms with Gasteiger partial charge in [0.1, 0.15) is 6.61 Å². The molecule has 0 aromatic heterocycles. The molecule has 1 saturated carbocycles. The molecule has 6 heteroatoms. The number of benzene rings is 1. The van der Waals surface area contributed by atoms with E-state index in [1.165, 1.54) is 0 Å². The molecular weight excluding hydrogens is 428 g/mol. The lowest BCUT2D eigenvalue weighted by molar-refractivity contribution is -0.144. The second-order valence-electron chi connectivity index (χ2n) is 8.55. The molecular formula is C26H37ClO5. The topological polar surface area (TPSA) is 83.8 Å². The molecule has 32 heavy (non-hydrogen) atoms. The Hall–Kier alpha value is -1.69. The van der Waals surface area contributed by atoms with Crippen molar-refractivity contribution in [2.75, 3.05) is 13.2 Å². The molecule has 1 aromatic rings. The highest BCUT2D eigenvalue weighted by molar-refractivity contribution is 6.21. The number of ether oxygens (including phenoxy) is 1. The third kappa shape index (κ3) is 8.34. The van der Waals surface area contributed by atoms with Gasteiger partial charge in [-0.2, -0.15) is 0 Å². The van der Waals surface area contributed by atoms with Crippen molar-refractivity contribution in [2.45, 2.75) is 82.1 Å². The van der Waals surface area contributed by atoms with Crippen molar-refractivity contribution in [2.24, 2.45) is 5.92 Å². The average Bonchev–Trinajstić information content (AvgIpc) is 3.07. The maximum Gasteiger partial charge on any atom is 0.305 e. The van der Waals surface area contributed by atoms with E-state index >= 15 is 0 Å². The van der Waals surface area contributed by atoms with Gasteiger partial charge in [-0.25, -0.2) is 0 Å². The van der Waals surface area contributed by atoms with Gasteiger partial charge in [0.25, 0.3) is 0 Å². The molecule has 1 aliphatic carbocycles. The quantitative estimate of drug-likeness (QED) is 0.130. The van der Waals surface area contributed by atoms with Crippen LogP contribution in [0.15, 0.2) is 36.4 Å². The number of esters is 1. The third-order valence-corrected chi connectivity index (χ3v) is 6.61. The highest BCUT2D eigenvalue weighted by Gasteiger charge is 2.41. The number of unbranched alkanes of at least 4 members (excludes halogenated alkanes) is 3. The summed E-state index contributed by atoms with van der Waals surface area (Å²) < 4.78 is 4.84. The van der Waals surface area contributed by atoms with Crippen LogP contribution in [-0.2, 0) is 9.53 Å². The van der Waals surface area contributed by atoms with Gasteiger partial charge in [-0.05, 0) is 43.6 Å². The van der Waals surface area contributed by atoms with Gasteiger partial charge in [0.2, 0.25) is 0 Å². The zero-order valence-electron chi connectivity index (χ0n) is 19.0. The highest BCUT2D eigenvalue weighted by Crippen LogP contribution is 2.44. The standard InChI is InChI=1S/C26H37ClO5/c1-2-3-6-10-23(29)19-12-14-20(15-13-19)26-21(22(27)18-24(26)30)9-7-4-5-8-11-25(31)32-17-16-28/h4,7,12-15,21-22,24,26,28,30H,2-3,5-6,8-11,16-18H2,1H3/b7-4-/t21-,22?,24+,26?/m0/s1. The number of ketones is 1. The highest BCUT2D eigenvalue weighted by atomic mass is 35.5. The summed E-state index contributed by atoms with van der Waals surface area (Å²) in [4.78, 5) is 23.8. The number of rotatable bonds is 14. The van der Waals surface area contributed by atoms with Gasteiger partial charge in [0.15, 0.2) is 5.78 Å². The summed E-state index contributed by atoms with van der Waals surface area (Å²) >= 11 is 6.57. The summed E-state index contributed by atoms with van der Waals surface area (Å²) in [6, 6.07) is 7.68. The molecule has 2 unspecified atom stereocenters. The van der Waals surface area contributed by atoms with Crippen molar-refractivity contribution in [3.8, 4) is 0 Å². The van der Waals surface area contributed by atoms with E-state index in [1.807, 2.05) is 30.3 Å². The number of carbonyl (C=O) groups is 2. The molecule has 0 amide bonds. The zero-order valence-corrected chi connectivity index (χ0v) is 19.8. The lowest BCUT2D eigenvalue weighted by Gasteiger charge is -2.23. The van der Waals surface area contributed by atoms with E-state index in [4.69, 9.17) is 21.4 Å². The number of carbonyl (C=O) groups excluding carboxylic acids is 2. The molecule has 0 aliphatic heterocycles. The van der Waals surface area contributed by atoms with Gasteiger partial charge in [0.05, 0.1) is 12.7 Å².